The summed E-state index contributed by atoms with van der Waals surface area (Å²) >= 11 is 0. The highest BCUT2D eigenvalue weighted by atomic mass is 16.4. The molecule has 156 valence electrons. The van der Waals surface area contributed by atoms with Crippen molar-refractivity contribution in [3.63, 3.8) is 0 Å². The molecule has 0 amide bonds. The number of H-pyrrole nitrogens is 1. The molecule has 5 rings (SSSR count). The van der Waals surface area contributed by atoms with Gasteiger partial charge in [-0.05, 0) is 44.0 Å². The van der Waals surface area contributed by atoms with Gasteiger partial charge in [-0.2, -0.15) is 5.10 Å². The molecule has 2 N–H and O–H groups in total. The summed E-state index contributed by atoms with van der Waals surface area (Å²) in [5.41, 5.74) is 7.57. The van der Waals surface area contributed by atoms with Gasteiger partial charge in [0.15, 0.2) is 0 Å². The van der Waals surface area contributed by atoms with Crippen LogP contribution in [0.4, 0.5) is 5.69 Å². The van der Waals surface area contributed by atoms with Crippen LogP contribution in [0.15, 0.2) is 54.7 Å². The van der Waals surface area contributed by atoms with Gasteiger partial charge in [0.05, 0.1) is 33.7 Å². The number of hydrogen-bond donors (Lipinski definition) is 2. The SMILES string of the molecule is CCN(C1=CCCc2c1nn(C)c2-c1cc2nccc(C(=O)O)c2[nH]1)c1ccccc1. The van der Waals surface area contributed by atoms with Gasteiger partial charge in [-0.3, -0.25) is 9.67 Å². The Bertz CT molecular complexity index is 1320. The van der Waals surface area contributed by atoms with Crippen LogP contribution in [0.5, 0.6) is 0 Å². The molecule has 4 aromatic rings. The second-order valence-corrected chi connectivity index (χ2v) is 7.61. The van der Waals surface area contributed by atoms with Gasteiger partial charge >= 0.3 is 5.97 Å². The molecule has 0 spiro atoms. The van der Waals surface area contributed by atoms with Crippen molar-refractivity contribution in [2.45, 2.75) is 19.8 Å². The number of anilines is 1. The van der Waals surface area contributed by atoms with Crippen molar-refractivity contribution in [1.82, 2.24) is 19.7 Å². The predicted octanol–water partition coefficient (Wildman–Crippen LogP) is 4.48. The lowest BCUT2D eigenvalue weighted by Crippen LogP contribution is -2.23. The van der Waals surface area contributed by atoms with Crippen LogP contribution in [0, 0.1) is 0 Å². The van der Waals surface area contributed by atoms with Crippen molar-refractivity contribution in [2.24, 2.45) is 7.05 Å². The van der Waals surface area contributed by atoms with E-state index in [-0.39, 0.29) is 5.56 Å². The molecule has 0 saturated carbocycles. The number of aromatic nitrogens is 4. The molecule has 1 aromatic carbocycles. The average molecular weight is 413 g/mol. The van der Waals surface area contributed by atoms with E-state index >= 15 is 0 Å². The van der Waals surface area contributed by atoms with E-state index < -0.39 is 5.97 Å². The van der Waals surface area contributed by atoms with Crippen molar-refractivity contribution in [2.75, 3.05) is 11.4 Å². The van der Waals surface area contributed by atoms with E-state index in [1.54, 1.807) is 0 Å². The van der Waals surface area contributed by atoms with Crippen LogP contribution in [0.2, 0.25) is 0 Å². The van der Waals surface area contributed by atoms with E-state index in [1.807, 2.05) is 36.0 Å². The molecule has 0 aliphatic heterocycles. The number of pyridine rings is 1. The number of aromatic amines is 1. The summed E-state index contributed by atoms with van der Waals surface area (Å²) in [6.45, 7) is 2.97. The van der Waals surface area contributed by atoms with E-state index in [1.165, 1.54) is 12.3 Å². The number of para-hydroxylation sites is 1. The van der Waals surface area contributed by atoms with Crippen LogP contribution in [-0.4, -0.2) is 37.4 Å². The van der Waals surface area contributed by atoms with E-state index in [4.69, 9.17) is 5.10 Å². The van der Waals surface area contributed by atoms with Crippen molar-refractivity contribution in [3.05, 3.63) is 71.6 Å². The summed E-state index contributed by atoms with van der Waals surface area (Å²) < 4.78 is 1.88. The zero-order valence-corrected chi connectivity index (χ0v) is 17.5. The summed E-state index contributed by atoms with van der Waals surface area (Å²) in [6.07, 6.45) is 5.58. The van der Waals surface area contributed by atoms with Gasteiger partial charge in [-0.15, -0.1) is 0 Å². The molecular weight excluding hydrogens is 390 g/mol. The molecule has 31 heavy (non-hydrogen) atoms. The van der Waals surface area contributed by atoms with Gasteiger partial charge in [-0.25, -0.2) is 4.79 Å². The molecule has 0 bridgehead atoms. The largest absolute Gasteiger partial charge is 0.478 e. The van der Waals surface area contributed by atoms with Crippen molar-refractivity contribution in [1.29, 1.82) is 0 Å². The fraction of sp³-hybridized carbons (Fsp3) is 0.208. The highest BCUT2D eigenvalue weighted by Gasteiger charge is 2.27. The first-order chi connectivity index (χ1) is 15.1. The Morgan fingerprint density at radius 2 is 2.06 bits per heavy atom. The lowest BCUT2D eigenvalue weighted by atomic mass is 9.97. The Hall–Kier alpha value is -3.87. The molecule has 1 aliphatic rings. The predicted molar refractivity (Wildman–Crippen MR) is 121 cm³/mol. The maximum absolute atomic E-state index is 11.6. The number of fused-ring (bicyclic) bond motifs is 2. The van der Waals surface area contributed by atoms with Crippen LogP contribution in [0.1, 0.15) is 35.0 Å². The molecule has 0 unspecified atom stereocenters. The normalized spacial score (nSPS) is 13.2. The summed E-state index contributed by atoms with van der Waals surface area (Å²) in [5, 5.41) is 14.4. The number of nitrogens with zero attached hydrogens (tertiary/aromatic N) is 4. The van der Waals surface area contributed by atoms with Gasteiger partial charge in [0.25, 0.3) is 0 Å². The first-order valence-corrected chi connectivity index (χ1v) is 10.4. The molecule has 0 atom stereocenters. The fourth-order valence-corrected chi connectivity index (χ4v) is 4.47. The summed E-state index contributed by atoms with van der Waals surface area (Å²) in [6, 6.07) is 13.8. The minimum Gasteiger partial charge on any atom is -0.478 e. The van der Waals surface area contributed by atoms with Crippen LogP contribution < -0.4 is 4.90 Å². The first kappa shape index (κ1) is 19.1. The number of carboxylic acids is 1. The zero-order valence-electron chi connectivity index (χ0n) is 17.5. The van der Waals surface area contributed by atoms with E-state index in [0.29, 0.717) is 11.0 Å². The Balaban J connectivity index is 1.63. The number of nitrogens with one attached hydrogen (secondary N) is 1. The fourth-order valence-electron chi connectivity index (χ4n) is 4.47. The summed E-state index contributed by atoms with van der Waals surface area (Å²) in [7, 11) is 1.93. The van der Waals surface area contributed by atoms with Crippen molar-refractivity contribution >= 4 is 28.4 Å². The summed E-state index contributed by atoms with van der Waals surface area (Å²) in [4.78, 5) is 21.5. The van der Waals surface area contributed by atoms with E-state index in [0.717, 1.165) is 53.4 Å². The van der Waals surface area contributed by atoms with Gasteiger partial charge in [0.1, 0.15) is 5.69 Å². The monoisotopic (exact) mass is 413 g/mol. The Kier molecular flexibility index (Phi) is 4.58. The molecule has 0 fully saturated rings. The third kappa shape index (κ3) is 3.09. The van der Waals surface area contributed by atoms with Gasteiger partial charge in [0.2, 0.25) is 0 Å². The quantitative estimate of drug-likeness (QED) is 0.504. The van der Waals surface area contributed by atoms with E-state index in [9.17, 15) is 9.90 Å². The minimum atomic E-state index is -0.973. The molecule has 0 saturated heterocycles. The van der Waals surface area contributed by atoms with Crippen LogP contribution in [0.3, 0.4) is 0 Å². The molecule has 7 heteroatoms. The number of hydrogen-bond acceptors (Lipinski definition) is 4. The van der Waals surface area contributed by atoms with Gasteiger partial charge in [0, 0.05) is 31.0 Å². The van der Waals surface area contributed by atoms with E-state index in [2.05, 4.69) is 40.0 Å². The smallest absolute Gasteiger partial charge is 0.337 e. The lowest BCUT2D eigenvalue weighted by molar-refractivity contribution is 0.0698. The molecule has 7 nitrogen and oxygen atoms in total. The Morgan fingerprint density at radius 3 is 2.81 bits per heavy atom. The minimum absolute atomic E-state index is 0.217. The molecule has 3 heterocycles. The maximum Gasteiger partial charge on any atom is 0.337 e. The zero-order chi connectivity index (χ0) is 21.5. The van der Waals surface area contributed by atoms with Crippen molar-refractivity contribution < 1.29 is 9.90 Å². The number of rotatable bonds is 5. The molecule has 0 radical (unpaired) electrons. The number of carboxylic acid groups (broad SMARTS) is 1. The number of aryl methyl sites for hydroxylation is 1. The van der Waals surface area contributed by atoms with Gasteiger partial charge in [-0.1, -0.05) is 24.3 Å². The van der Waals surface area contributed by atoms with Gasteiger partial charge < -0.3 is 15.0 Å². The third-order valence-corrected chi connectivity index (χ3v) is 5.80. The third-order valence-electron chi connectivity index (χ3n) is 5.80. The first-order valence-electron chi connectivity index (χ1n) is 10.4. The Labute approximate surface area is 179 Å². The maximum atomic E-state index is 11.6. The standard InChI is InChI=1S/C24H23N5O2/c1-3-29(15-8-5-4-6-9-15)20-11-7-10-16-22(20)27-28(2)23(16)19-14-18-21(26-19)17(24(30)31)12-13-25-18/h4-6,8-9,11-14,26H,3,7,10H2,1-2H3,(H,30,31). The molecule has 3 aromatic heterocycles. The number of aromatic carboxylic acids is 1. The summed E-state index contributed by atoms with van der Waals surface area (Å²) in [5.74, 6) is -0.973. The second kappa shape index (κ2) is 7.43. The Morgan fingerprint density at radius 1 is 1.26 bits per heavy atom. The van der Waals surface area contributed by atoms with Crippen LogP contribution in [-0.2, 0) is 13.5 Å². The van der Waals surface area contributed by atoms with Crippen LogP contribution in [0.25, 0.3) is 28.1 Å². The molecular formula is C24H23N5O2. The van der Waals surface area contributed by atoms with Crippen LogP contribution >= 0.6 is 0 Å². The lowest BCUT2D eigenvalue weighted by Gasteiger charge is -2.27. The molecule has 1 aliphatic carbocycles. The second-order valence-electron chi connectivity index (χ2n) is 7.61. The highest BCUT2D eigenvalue weighted by molar-refractivity contribution is 6.02. The highest BCUT2D eigenvalue weighted by Crippen LogP contribution is 2.37. The number of carbonyl (C=O) groups is 1. The number of benzene rings is 1. The topological polar surface area (TPSA) is 87.0 Å². The van der Waals surface area contributed by atoms with Crippen molar-refractivity contribution in [3.8, 4) is 11.4 Å². The average Bonchev–Trinajstić information content (AvgIpc) is 3.35. The number of allylic oxidation sites excluding steroid dienone is 1.